The Morgan fingerprint density at radius 2 is 0.923 bits per heavy atom. The number of hydrogen-bond donors (Lipinski definition) is 9. The summed E-state index contributed by atoms with van der Waals surface area (Å²) in [5, 5.41) is 25.4. The molecular formula is H18BN5O6S. The molecule has 0 aromatic heterocycles. The van der Waals surface area contributed by atoms with Crippen molar-refractivity contribution in [2.45, 2.75) is 0 Å². The van der Waals surface area contributed by atoms with Gasteiger partial charge < -0.3 is 39.7 Å². The third-order valence-electron chi connectivity index (χ3n) is 0. The molecule has 0 aliphatic rings. The van der Waals surface area contributed by atoms with E-state index >= 15 is 0 Å². The Labute approximate surface area is 76.3 Å². The van der Waals surface area contributed by atoms with Crippen LogP contribution in [0, 0.1) is 0 Å². The predicted molar refractivity (Wildman–Crippen MR) is 48.2 cm³/mol. The minimum absolute atomic E-state index is 0. The molecule has 0 saturated heterocycles. The Kier molecular flexibility index (Phi) is 52.7. The fourth-order valence-electron chi connectivity index (χ4n) is 0. The summed E-state index contributed by atoms with van der Waals surface area (Å²) in [5.41, 5.74) is 0. The third kappa shape index (κ3) is 9120. The fourth-order valence-corrected chi connectivity index (χ4v) is 0. The quantitative estimate of drug-likeness (QED) is 0.153. The molecule has 0 heterocycles. The van der Waals surface area contributed by atoms with Crippen molar-refractivity contribution in [1.82, 2.24) is 24.6 Å². The Bertz CT molecular complexity index is 132. The van der Waals surface area contributed by atoms with E-state index in [-0.39, 0.29) is 24.6 Å². The van der Waals surface area contributed by atoms with E-state index < -0.39 is 17.6 Å². The van der Waals surface area contributed by atoms with Crippen molar-refractivity contribution < 1.29 is 28.0 Å². The summed E-state index contributed by atoms with van der Waals surface area (Å²) >= 11 is 0. The Balaban J connectivity index is -0.0000000146. The zero-order chi connectivity index (χ0) is 8.08. The van der Waals surface area contributed by atoms with Gasteiger partial charge in [-0.2, -0.15) is 8.42 Å². The van der Waals surface area contributed by atoms with Crippen molar-refractivity contribution in [2.24, 2.45) is 5.14 Å². The average Bonchev–Trinajstić information content (AvgIpc) is 1.19. The molecule has 0 atom stereocenters. The summed E-state index contributed by atoms with van der Waals surface area (Å²) in [5.74, 6) is 0. The molecule has 0 unspecified atom stereocenters. The van der Waals surface area contributed by atoms with Crippen molar-refractivity contribution in [1.29, 1.82) is 0 Å². The van der Waals surface area contributed by atoms with Crippen LogP contribution in [0.3, 0.4) is 0 Å². The molecule has 0 spiro atoms. The zero-order valence-corrected chi connectivity index (χ0v) is 7.81. The Morgan fingerprint density at radius 1 is 0.923 bits per heavy atom. The predicted octanol–water partition coefficient (Wildman–Crippen LogP) is -2.66. The van der Waals surface area contributed by atoms with Gasteiger partial charge >= 0.3 is 17.6 Å². The summed E-state index contributed by atoms with van der Waals surface area (Å²) in [4.78, 5) is 0. The molecular weight excluding hydrogens is 209 g/mol. The van der Waals surface area contributed by atoms with Gasteiger partial charge in [-0.25, -0.2) is 5.14 Å². The van der Waals surface area contributed by atoms with Gasteiger partial charge in [0.1, 0.15) is 0 Å². The summed E-state index contributed by atoms with van der Waals surface area (Å²) in [6.45, 7) is 0. The van der Waals surface area contributed by atoms with Crippen LogP contribution in [-0.2, 0) is 10.3 Å². The average molecular weight is 227 g/mol. The molecule has 88 valence electrons. The lowest BCUT2D eigenvalue weighted by Crippen LogP contribution is -2.08. The molecule has 13 heavy (non-hydrogen) atoms. The van der Waals surface area contributed by atoms with E-state index in [0.717, 1.165) is 0 Å². The minimum Gasteiger partial charge on any atom is -0.402 e. The van der Waals surface area contributed by atoms with Gasteiger partial charge in [0.25, 0.3) is 0 Å². The highest BCUT2D eigenvalue weighted by Crippen LogP contribution is 1.50. The third-order valence-corrected chi connectivity index (χ3v) is 0. The lowest BCUT2D eigenvalue weighted by molar-refractivity contribution is 0.278. The minimum atomic E-state index is -4.17. The number of hydrogen-bond acceptors (Lipinski definition) is 9. The van der Waals surface area contributed by atoms with Crippen molar-refractivity contribution in [3.05, 3.63) is 0 Å². The fraction of sp³-hybridized carbons (Fsp3) is 0. The molecule has 11 nitrogen and oxygen atoms in total. The normalized spacial score (nSPS) is 6.54. The maximum Gasteiger partial charge on any atom is 0.631 e. The zero-order valence-electron chi connectivity index (χ0n) is 7.00. The van der Waals surface area contributed by atoms with Gasteiger partial charge in [0, 0.05) is 0 Å². The highest BCUT2D eigenvalue weighted by atomic mass is 32.2. The lowest BCUT2D eigenvalue weighted by Gasteiger charge is -1.70. The van der Waals surface area contributed by atoms with Crippen molar-refractivity contribution >= 4 is 17.6 Å². The molecule has 0 aromatic carbocycles. The molecule has 0 aliphatic carbocycles. The summed E-state index contributed by atoms with van der Waals surface area (Å²) in [6.07, 6.45) is 0. The molecule has 13 heteroatoms. The molecule has 0 radical (unpaired) electrons. The van der Waals surface area contributed by atoms with Crippen LogP contribution in [0.25, 0.3) is 0 Å². The Hall–Kier alpha value is -0.345. The Morgan fingerprint density at radius 3 is 0.923 bits per heavy atom. The summed E-state index contributed by atoms with van der Waals surface area (Å²) < 4.78 is 25.2. The second-order valence-corrected chi connectivity index (χ2v) is 1.89. The molecule has 0 bridgehead atoms. The first-order chi connectivity index (χ1) is 3.73. The smallest absolute Gasteiger partial charge is 0.402 e. The number of rotatable bonds is 0. The van der Waals surface area contributed by atoms with E-state index in [1.807, 2.05) is 0 Å². The molecule has 18 N–H and O–H groups in total. The van der Waals surface area contributed by atoms with E-state index in [0.29, 0.717) is 0 Å². The van der Waals surface area contributed by atoms with Gasteiger partial charge in [0.2, 0.25) is 0 Å². The van der Waals surface area contributed by atoms with Gasteiger partial charge in [-0.1, -0.05) is 0 Å². The van der Waals surface area contributed by atoms with Crippen molar-refractivity contribution in [3.8, 4) is 0 Å². The standard InChI is InChI=1S/BH3O3.H3NO3S.4H3N/c2-1(3)4;1-5(2,3)4;;;;/h2-4H;(H3,1,2,3,4);4*1H3. The lowest BCUT2D eigenvalue weighted by atomic mass is 10.3. The van der Waals surface area contributed by atoms with Crippen LogP contribution in [0.5, 0.6) is 0 Å². The van der Waals surface area contributed by atoms with Gasteiger partial charge in [-0.05, 0) is 0 Å². The molecule has 0 saturated carbocycles. The van der Waals surface area contributed by atoms with Crippen LogP contribution < -0.4 is 29.7 Å². The first-order valence-electron chi connectivity index (χ1n) is 1.53. The van der Waals surface area contributed by atoms with Crippen LogP contribution in [-0.4, -0.2) is 35.4 Å². The highest BCUT2D eigenvalue weighted by Gasteiger charge is 1.92. The first-order valence-corrected chi connectivity index (χ1v) is 3.03. The summed E-state index contributed by atoms with van der Waals surface area (Å²) in [7, 11) is -6.33. The van der Waals surface area contributed by atoms with Crippen LogP contribution >= 0.6 is 0 Å². The molecule has 0 amide bonds. The molecule has 0 aliphatic heterocycles. The van der Waals surface area contributed by atoms with Gasteiger partial charge in [0.05, 0.1) is 0 Å². The maximum absolute atomic E-state index is 8.97. The van der Waals surface area contributed by atoms with Crippen molar-refractivity contribution in [3.63, 3.8) is 0 Å². The van der Waals surface area contributed by atoms with E-state index in [2.05, 4.69) is 5.14 Å². The molecule has 0 fully saturated rings. The van der Waals surface area contributed by atoms with Crippen LogP contribution in [0.15, 0.2) is 0 Å². The molecule has 0 rings (SSSR count). The largest absolute Gasteiger partial charge is 0.631 e. The summed E-state index contributed by atoms with van der Waals surface area (Å²) in [6, 6.07) is 0. The van der Waals surface area contributed by atoms with E-state index in [1.54, 1.807) is 0 Å². The second-order valence-electron chi connectivity index (χ2n) is 0.861. The van der Waals surface area contributed by atoms with Gasteiger partial charge in [-0.15, -0.1) is 0 Å². The van der Waals surface area contributed by atoms with Crippen molar-refractivity contribution in [2.75, 3.05) is 0 Å². The van der Waals surface area contributed by atoms with Gasteiger partial charge in [0.15, 0.2) is 0 Å². The van der Waals surface area contributed by atoms with Crippen LogP contribution in [0.4, 0.5) is 0 Å². The van der Waals surface area contributed by atoms with E-state index in [1.165, 1.54) is 0 Å². The van der Waals surface area contributed by atoms with E-state index in [9.17, 15) is 0 Å². The monoisotopic (exact) mass is 227 g/mol. The highest BCUT2D eigenvalue weighted by molar-refractivity contribution is 7.83. The first kappa shape index (κ1) is 38.8. The SMILES string of the molecule is N.N.N.N.NS(=O)(=O)O.OB(O)O. The number of nitrogens with two attached hydrogens (primary N) is 1. The van der Waals surface area contributed by atoms with Crippen LogP contribution in [0.2, 0.25) is 0 Å². The maximum atomic E-state index is 8.97. The molecule has 0 aromatic rings. The topological polar surface area (TPSA) is 281 Å². The van der Waals surface area contributed by atoms with E-state index in [4.69, 9.17) is 28.0 Å². The van der Waals surface area contributed by atoms with Crippen LogP contribution in [0.1, 0.15) is 0 Å². The second kappa shape index (κ2) is 17.7. The van der Waals surface area contributed by atoms with Gasteiger partial charge in [-0.3, -0.25) is 4.55 Å².